The molecule has 0 aliphatic rings. The molecule has 116 valence electrons. The van der Waals surface area contributed by atoms with Gasteiger partial charge in [0.15, 0.2) is 11.6 Å². The molecule has 0 aromatic heterocycles. The van der Waals surface area contributed by atoms with Gasteiger partial charge in [0, 0.05) is 6.54 Å². The summed E-state index contributed by atoms with van der Waals surface area (Å²) in [5.41, 5.74) is 0.390. The van der Waals surface area contributed by atoms with Crippen LogP contribution < -0.4 is 10.1 Å². The van der Waals surface area contributed by atoms with Gasteiger partial charge < -0.3 is 14.8 Å². The fourth-order valence-electron chi connectivity index (χ4n) is 1.81. The number of para-hydroxylation sites is 1. The SMILES string of the molecule is COC(=O)c1ccc(F)c(NCCOc2ccccc2F)c1. The van der Waals surface area contributed by atoms with Gasteiger partial charge >= 0.3 is 5.97 Å². The minimum absolute atomic E-state index is 0.132. The van der Waals surface area contributed by atoms with Crippen LogP contribution in [0.5, 0.6) is 5.75 Å². The Kier molecular flexibility index (Phi) is 5.30. The van der Waals surface area contributed by atoms with Crippen LogP contribution in [0.1, 0.15) is 10.4 Å². The maximum Gasteiger partial charge on any atom is 0.337 e. The smallest absolute Gasteiger partial charge is 0.337 e. The second-order valence-corrected chi connectivity index (χ2v) is 4.39. The molecular formula is C16H15F2NO3. The molecule has 0 bridgehead atoms. The number of methoxy groups -OCH3 is 1. The van der Waals surface area contributed by atoms with E-state index in [0.29, 0.717) is 0 Å². The molecule has 0 saturated carbocycles. The molecule has 0 unspecified atom stereocenters. The molecule has 1 N–H and O–H groups in total. The average Bonchev–Trinajstić information content (AvgIpc) is 2.54. The zero-order valence-corrected chi connectivity index (χ0v) is 11.9. The van der Waals surface area contributed by atoms with Gasteiger partial charge in [0.25, 0.3) is 0 Å². The number of nitrogens with one attached hydrogen (secondary N) is 1. The molecule has 0 radical (unpaired) electrons. The van der Waals surface area contributed by atoms with Gasteiger partial charge in [-0.3, -0.25) is 0 Å². The quantitative estimate of drug-likeness (QED) is 0.657. The van der Waals surface area contributed by atoms with Crippen molar-refractivity contribution in [3.63, 3.8) is 0 Å². The van der Waals surface area contributed by atoms with Gasteiger partial charge in [0.2, 0.25) is 0 Å². The number of carbonyl (C=O) groups excluding carboxylic acids is 1. The monoisotopic (exact) mass is 307 g/mol. The third kappa shape index (κ3) is 3.94. The van der Waals surface area contributed by atoms with Crippen molar-refractivity contribution in [2.45, 2.75) is 0 Å². The van der Waals surface area contributed by atoms with E-state index in [4.69, 9.17) is 4.74 Å². The predicted octanol–water partition coefficient (Wildman–Crippen LogP) is 3.24. The lowest BCUT2D eigenvalue weighted by atomic mass is 10.2. The van der Waals surface area contributed by atoms with Crippen LogP contribution in [0.15, 0.2) is 42.5 Å². The van der Waals surface area contributed by atoms with Crippen molar-refractivity contribution < 1.29 is 23.0 Å². The number of hydrogen-bond donors (Lipinski definition) is 1. The van der Waals surface area contributed by atoms with Crippen LogP contribution in [0.4, 0.5) is 14.5 Å². The maximum atomic E-state index is 13.6. The van der Waals surface area contributed by atoms with Crippen LogP contribution >= 0.6 is 0 Å². The number of anilines is 1. The van der Waals surface area contributed by atoms with Gasteiger partial charge in [-0.05, 0) is 30.3 Å². The van der Waals surface area contributed by atoms with Crippen molar-refractivity contribution in [2.24, 2.45) is 0 Å². The molecule has 6 heteroatoms. The van der Waals surface area contributed by atoms with E-state index in [9.17, 15) is 13.6 Å². The highest BCUT2D eigenvalue weighted by Gasteiger charge is 2.09. The van der Waals surface area contributed by atoms with Crippen LogP contribution in [0, 0.1) is 11.6 Å². The number of carbonyl (C=O) groups is 1. The van der Waals surface area contributed by atoms with E-state index in [-0.39, 0.29) is 30.2 Å². The highest BCUT2D eigenvalue weighted by Crippen LogP contribution is 2.17. The van der Waals surface area contributed by atoms with Crippen LogP contribution in [0.3, 0.4) is 0 Å². The largest absolute Gasteiger partial charge is 0.489 e. The summed E-state index contributed by atoms with van der Waals surface area (Å²) in [6, 6.07) is 9.88. The molecule has 0 heterocycles. The first-order chi connectivity index (χ1) is 10.6. The standard InChI is InChI=1S/C16H15F2NO3/c1-21-16(20)11-6-7-12(17)14(10-11)19-8-9-22-15-5-3-2-4-13(15)18/h2-7,10,19H,8-9H2,1H3. The molecule has 4 nitrogen and oxygen atoms in total. The Balaban J connectivity index is 1.91. The van der Waals surface area contributed by atoms with Crippen LogP contribution in [0.25, 0.3) is 0 Å². The van der Waals surface area contributed by atoms with Gasteiger partial charge in [-0.15, -0.1) is 0 Å². The zero-order chi connectivity index (χ0) is 15.9. The number of halogens is 2. The molecule has 0 atom stereocenters. The van der Waals surface area contributed by atoms with Crippen molar-refractivity contribution in [2.75, 3.05) is 25.6 Å². The molecular weight excluding hydrogens is 292 g/mol. The van der Waals surface area contributed by atoms with Gasteiger partial charge in [-0.1, -0.05) is 12.1 Å². The normalized spacial score (nSPS) is 10.1. The van der Waals surface area contributed by atoms with Crippen LogP contribution in [-0.2, 0) is 4.74 Å². The van der Waals surface area contributed by atoms with E-state index < -0.39 is 17.6 Å². The third-order valence-corrected chi connectivity index (χ3v) is 2.90. The number of rotatable bonds is 6. The highest BCUT2D eigenvalue weighted by atomic mass is 19.1. The molecule has 0 spiro atoms. The first-order valence-electron chi connectivity index (χ1n) is 6.61. The second-order valence-electron chi connectivity index (χ2n) is 4.39. The Hall–Kier alpha value is -2.63. The average molecular weight is 307 g/mol. The Morgan fingerprint density at radius 3 is 2.64 bits per heavy atom. The summed E-state index contributed by atoms with van der Waals surface area (Å²) in [4.78, 5) is 11.4. The van der Waals surface area contributed by atoms with Gasteiger partial charge in [-0.2, -0.15) is 0 Å². The minimum atomic E-state index is -0.550. The number of hydrogen-bond acceptors (Lipinski definition) is 4. The molecule has 2 aromatic rings. The minimum Gasteiger partial charge on any atom is -0.489 e. The number of ether oxygens (including phenoxy) is 2. The molecule has 0 fully saturated rings. The zero-order valence-electron chi connectivity index (χ0n) is 11.9. The summed E-state index contributed by atoms with van der Waals surface area (Å²) < 4.78 is 36.8. The lowest BCUT2D eigenvalue weighted by molar-refractivity contribution is 0.0600. The van der Waals surface area contributed by atoms with E-state index in [1.54, 1.807) is 12.1 Å². The number of benzene rings is 2. The lowest BCUT2D eigenvalue weighted by Gasteiger charge is -2.10. The molecule has 0 aliphatic carbocycles. The summed E-state index contributed by atoms with van der Waals surface area (Å²) in [5.74, 6) is -1.38. The predicted molar refractivity (Wildman–Crippen MR) is 78.1 cm³/mol. The summed E-state index contributed by atoms with van der Waals surface area (Å²) in [6.07, 6.45) is 0. The summed E-state index contributed by atoms with van der Waals surface area (Å²) in [6.45, 7) is 0.388. The van der Waals surface area contributed by atoms with Crippen molar-refractivity contribution in [1.82, 2.24) is 0 Å². The summed E-state index contributed by atoms with van der Waals surface area (Å²) in [7, 11) is 1.25. The van der Waals surface area contributed by atoms with Gasteiger partial charge in [-0.25, -0.2) is 13.6 Å². The Morgan fingerprint density at radius 2 is 1.91 bits per heavy atom. The van der Waals surface area contributed by atoms with Gasteiger partial charge in [0.1, 0.15) is 12.4 Å². The maximum absolute atomic E-state index is 13.6. The topological polar surface area (TPSA) is 47.6 Å². The molecule has 0 aliphatic heterocycles. The lowest BCUT2D eigenvalue weighted by Crippen LogP contribution is -2.13. The molecule has 2 rings (SSSR count). The fourth-order valence-corrected chi connectivity index (χ4v) is 1.81. The molecule has 2 aromatic carbocycles. The second kappa shape index (κ2) is 7.40. The van der Waals surface area contributed by atoms with E-state index in [0.717, 1.165) is 0 Å². The van der Waals surface area contributed by atoms with E-state index in [2.05, 4.69) is 10.1 Å². The third-order valence-electron chi connectivity index (χ3n) is 2.90. The molecule has 0 saturated heterocycles. The van der Waals surface area contributed by atoms with Crippen molar-refractivity contribution in [3.8, 4) is 5.75 Å². The summed E-state index contributed by atoms with van der Waals surface area (Å²) in [5, 5.41) is 2.79. The van der Waals surface area contributed by atoms with E-state index >= 15 is 0 Å². The van der Waals surface area contributed by atoms with E-state index in [1.165, 1.54) is 37.4 Å². The van der Waals surface area contributed by atoms with Crippen molar-refractivity contribution >= 4 is 11.7 Å². The van der Waals surface area contributed by atoms with Crippen molar-refractivity contribution in [3.05, 3.63) is 59.7 Å². The highest BCUT2D eigenvalue weighted by molar-refractivity contribution is 5.90. The van der Waals surface area contributed by atoms with Gasteiger partial charge in [0.05, 0.1) is 18.4 Å². The summed E-state index contributed by atoms with van der Waals surface area (Å²) >= 11 is 0. The van der Waals surface area contributed by atoms with Crippen LogP contribution in [-0.4, -0.2) is 26.2 Å². The molecule has 22 heavy (non-hydrogen) atoms. The molecule has 0 amide bonds. The number of esters is 1. The van der Waals surface area contributed by atoms with Crippen molar-refractivity contribution in [1.29, 1.82) is 0 Å². The Bertz CT molecular complexity index is 662. The fraction of sp³-hybridized carbons (Fsp3) is 0.188. The van der Waals surface area contributed by atoms with Crippen LogP contribution in [0.2, 0.25) is 0 Å². The first kappa shape index (κ1) is 15.8. The Morgan fingerprint density at radius 1 is 1.14 bits per heavy atom. The Labute approximate surface area is 126 Å². The van der Waals surface area contributed by atoms with E-state index in [1.807, 2.05) is 0 Å². The first-order valence-corrected chi connectivity index (χ1v) is 6.61.